The Hall–Kier alpha value is -0.870. The summed E-state index contributed by atoms with van der Waals surface area (Å²) in [5, 5.41) is 3.36. The van der Waals surface area contributed by atoms with Crippen molar-refractivity contribution in [2.24, 2.45) is 5.73 Å². The number of nitrogens with zero attached hydrogens (tertiary/aromatic N) is 1. The second-order valence-electron chi connectivity index (χ2n) is 4.29. The molecule has 2 atom stereocenters. The van der Waals surface area contributed by atoms with Gasteiger partial charge in [0.1, 0.15) is 6.26 Å². The summed E-state index contributed by atoms with van der Waals surface area (Å²) in [6.45, 7) is 4.79. The summed E-state index contributed by atoms with van der Waals surface area (Å²) in [6.07, 6.45) is 4.13. The van der Waals surface area contributed by atoms with Crippen LogP contribution in [0.4, 0.5) is 0 Å². The lowest BCUT2D eigenvalue weighted by Gasteiger charge is -2.19. The first-order valence-corrected chi connectivity index (χ1v) is 5.67. The van der Waals surface area contributed by atoms with Crippen molar-refractivity contribution in [2.75, 3.05) is 19.6 Å². The zero-order chi connectivity index (χ0) is 10.7. The summed E-state index contributed by atoms with van der Waals surface area (Å²) >= 11 is 0. The molecule has 0 saturated carbocycles. The highest BCUT2D eigenvalue weighted by Gasteiger charge is 2.21. The normalized spacial score (nSPS) is 24.0. The van der Waals surface area contributed by atoms with Crippen LogP contribution in [0, 0.1) is 0 Å². The Bertz CT molecular complexity index is 305. The second kappa shape index (κ2) is 4.77. The fourth-order valence-electron chi connectivity index (χ4n) is 1.90. The number of aromatic nitrogens is 1. The number of nitrogens with one attached hydrogen (secondary N) is 1. The molecular formula is C11H19N3O. The molecule has 3 N–H and O–H groups in total. The molecule has 1 aromatic rings. The van der Waals surface area contributed by atoms with E-state index in [1.165, 1.54) is 12.8 Å². The molecule has 0 aromatic carbocycles. The number of hydrogen-bond acceptors (Lipinski definition) is 4. The highest BCUT2D eigenvalue weighted by Crippen LogP contribution is 2.24. The van der Waals surface area contributed by atoms with E-state index in [1.54, 1.807) is 6.26 Å². The van der Waals surface area contributed by atoms with E-state index in [0.717, 1.165) is 24.7 Å². The lowest BCUT2D eigenvalue weighted by Crippen LogP contribution is -2.28. The highest BCUT2D eigenvalue weighted by atomic mass is 16.3. The topological polar surface area (TPSA) is 64.1 Å². The molecule has 2 unspecified atom stereocenters. The van der Waals surface area contributed by atoms with Gasteiger partial charge < -0.3 is 15.5 Å². The minimum Gasteiger partial charge on any atom is -0.448 e. The summed E-state index contributed by atoms with van der Waals surface area (Å²) in [4.78, 5) is 4.52. The molecule has 0 aliphatic carbocycles. The van der Waals surface area contributed by atoms with Crippen molar-refractivity contribution < 1.29 is 4.42 Å². The third kappa shape index (κ3) is 2.38. The third-order valence-electron chi connectivity index (χ3n) is 3.04. The maximum absolute atomic E-state index is 5.60. The van der Waals surface area contributed by atoms with Crippen LogP contribution in [0.3, 0.4) is 0 Å². The Morgan fingerprint density at radius 2 is 2.60 bits per heavy atom. The van der Waals surface area contributed by atoms with Crippen molar-refractivity contribution in [3.63, 3.8) is 0 Å². The van der Waals surface area contributed by atoms with Gasteiger partial charge >= 0.3 is 0 Å². The Morgan fingerprint density at radius 3 is 3.27 bits per heavy atom. The molecule has 1 saturated heterocycles. The van der Waals surface area contributed by atoms with Gasteiger partial charge in [-0.2, -0.15) is 0 Å². The molecule has 0 spiro atoms. The van der Waals surface area contributed by atoms with Gasteiger partial charge in [-0.15, -0.1) is 0 Å². The fourth-order valence-corrected chi connectivity index (χ4v) is 1.90. The SMILES string of the molecule is CC(CN)c1coc(C2CCCNC2)n1. The second-order valence-corrected chi connectivity index (χ2v) is 4.29. The van der Waals surface area contributed by atoms with Gasteiger partial charge in [0, 0.05) is 24.9 Å². The van der Waals surface area contributed by atoms with Crippen LogP contribution in [0.5, 0.6) is 0 Å². The molecule has 1 fully saturated rings. The Morgan fingerprint density at radius 1 is 1.73 bits per heavy atom. The van der Waals surface area contributed by atoms with E-state index in [0.29, 0.717) is 18.4 Å². The van der Waals surface area contributed by atoms with Crippen molar-refractivity contribution in [2.45, 2.75) is 31.6 Å². The molecule has 1 aliphatic rings. The predicted molar refractivity (Wildman–Crippen MR) is 58.8 cm³/mol. The molecule has 0 radical (unpaired) electrons. The van der Waals surface area contributed by atoms with Crippen LogP contribution in [0.2, 0.25) is 0 Å². The molecule has 1 aliphatic heterocycles. The average Bonchev–Trinajstić information content (AvgIpc) is 2.78. The van der Waals surface area contributed by atoms with Gasteiger partial charge in [0.25, 0.3) is 0 Å². The van der Waals surface area contributed by atoms with Crippen molar-refractivity contribution in [3.05, 3.63) is 17.8 Å². The standard InChI is InChI=1S/C11H19N3O/c1-8(5-12)10-7-15-11(14-10)9-3-2-4-13-6-9/h7-9,13H,2-6,12H2,1H3. The van der Waals surface area contributed by atoms with Crippen molar-refractivity contribution in [3.8, 4) is 0 Å². The van der Waals surface area contributed by atoms with Crippen molar-refractivity contribution in [1.82, 2.24) is 10.3 Å². The largest absolute Gasteiger partial charge is 0.448 e. The summed E-state index contributed by atoms with van der Waals surface area (Å²) < 4.78 is 5.52. The van der Waals surface area contributed by atoms with Crippen molar-refractivity contribution >= 4 is 0 Å². The quantitative estimate of drug-likeness (QED) is 0.785. The van der Waals surface area contributed by atoms with Gasteiger partial charge in [-0.3, -0.25) is 0 Å². The zero-order valence-corrected chi connectivity index (χ0v) is 9.20. The van der Waals surface area contributed by atoms with Gasteiger partial charge in [0.05, 0.1) is 5.69 Å². The smallest absolute Gasteiger partial charge is 0.198 e. The van der Waals surface area contributed by atoms with E-state index < -0.39 is 0 Å². The molecular weight excluding hydrogens is 190 g/mol. The van der Waals surface area contributed by atoms with Gasteiger partial charge in [0.2, 0.25) is 0 Å². The molecule has 1 aromatic heterocycles. The van der Waals surface area contributed by atoms with Crippen LogP contribution in [0.25, 0.3) is 0 Å². The van der Waals surface area contributed by atoms with E-state index in [4.69, 9.17) is 10.2 Å². The van der Waals surface area contributed by atoms with Crippen LogP contribution >= 0.6 is 0 Å². The number of piperidine rings is 1. The highest BCUT2D eigenvalue weighted by molar-refractivity contribution is 5.07. The molecule has 0 amide bonds. The minimum atomic E-state index is 0.291. The van der Waals surface area contributed by atoms with Gasteiger partial charge in [0.15, 0.2) is 5.89 Å². The van der Waals surface area contributed by atoms with Crippen molar-refractivity contribution in [1.29, 1.82) is 0 Å². The Labute approximate surface area is 90.2 Å². The van der Waals surface area contributed by atoms with E-state index >= 15 is 0 Å². The molecule has 0 bridgehead atoms. The fraction of sp³-hybridized carbons (Fsp3) is 0.727. The summed E-state index contributed by atoms with van der Waals surface area (Å²) in [7, 11) is 0. The molecule has 2 rings (SSSR count). The molecule has 4 nitrogen and oxygen atoms in total. The molecule has 84 valence electrons. The third-order valence-corrected chi connectivity index (χ3v) is 3.04. The molecule has 2 heterocycles. The van der Waals surface area contributed by atoms with Crippen LogP contribution in [-0.2, 0) is 0 Å². The molecule has 4 heteroatoms. The lowest BCUT2D eigenvalue weighted by atomic mass is 10.00. The monoisotopic (exact) mass is 209 g/mol. The van der Waals surface area contributed by atoms with E-state index in [1.807, 2.05) is 0 Å². The van der Waals surface area contributed by atoms with Crippen LogP contribution in [0.15, 0.2) is 10.7 Å². The van der Waals surface area contributed by atoms with Crippen LogP contribution < -0.4 is 11.1 Å². The van der Waals surface area contributed by atoms with E-state index in [9.17, 15) is 0 Å². The summed E-state index contributed by atoms with van der Waals surface area (Å²) in [6, 6.07) is 0. The average molecular weight is 209 g/mol. The van der Waals surface area contributed by atoms with Crippen LogP contribution in [-0.4, -0.2) is 24.6 Å². The number of hydrogen-bond donors (Lipinski definition) is 2. The zero-order valence-electron chi connectivity index (χ0n) is 9.20. The summed E-state index contributed by atoms with van der Waals surface area (Å²) in [5.41, 5.74) is 6.58. The number of rotatable bonds is 3. The maximum Gasteiger partial charge on any atom is 0.198 e. The van der Waals surface area contributed by atoms with Gasteiger partial charge in [-0.1, -0.05) is 6.92 Å². The minimum absolute atomic E-state index is 0.291. The number of nitrogens with two attached hydrogens (primary N) is 1. The summed E-state index contributed by atoms with van der Waals surface area (Å²) in [5.74, 6) is 1.61. The molecule has 15 heavy (non-hydrogen) atoms. The lowest BCUT2D eigenvalue weighted by molar-refractivity contribution is 0.376. The first kappa shape index (κ1) is 10.6. The number of oxazole rings is 1. The predicted octanol–water partition coefficient (Wildman–Crippen LogP) is 1.20. The van der Waals surface area contributed by atoms with Gasteiger partial charge in [-0.25, -0.2) is 4.98 Å². The first-order chi connectivity index (χ1) is 7.31. The first-order valence-electron chi connectivity index (χ1n) is 5.67. The van der Waals surface area contributed by atoms with E-state index in [-0.39, 0.29) is 0 Å². The van der Waals surface area contributed by atoms with Crippen LogP contribution in [0.1, 0.15) is 43.2 Å². The van der Waals surface area contributed by atoms with Gasteiger partial charge in [-0.05, 0) is 19.4 Å². The Balaban J connectivity index is 2.05. The Kier molecular flexibility index (Phi) is 3.38. The maximum atomic E-state index is 5.60. The van der Waals surface area contributed by atoms with E-state index in [2.05, 4.69) is 17.2 Å².